The average molecular weight is 298 g/mol. The number of hydrogen-bond donors (Lipinski definition) is 1. The molecule has 0 aliphatic carbocycles. The van der Waals surface area contributed by atoms with Gasteiger partial charge in [-0.1, -0.05) is 30.4 Å². The summed E-state index contributed by atoms with van der Waals surface area (Å²) in [6.07, 6.45) is 4.20. The van der Waals surface area contributed by atoms with E-state index in [-0.39, 0.29) is 6.61 Å². The van der Waals surface area contributed by atoms with Crippen LogP contribution in [0, 0.1) is 0 Å². The standard InChI is InChI=1S/C17H14OS2/c18-10-17-9-14(11-20-17)5-4-13-2-1-3-15(8-13)16-6-7-19-12-16/h1-9,11-12,18H,10H2/b5-4+. The molecule has 0 fully saturated rings. The molecule has 20 heavy (non-hydrogen) atoms. The number of benzene rings is 1. The largest absolute Gasteiger partial charge is 0.391 e. The summed E-state index contributed by atoms with van der Waals surface area (Å²) in [5.74, 6) is 0. The first-order valence-corrected chi connectivity index (χ1v) is 8.16. The van der Waals surface area contributed by atoms with Gasteiger partial charge < -0.3 is 5.11 Å². The highest BCUT2D eigenvalue weighted by molar-refractivity contribution is 7.10. The minimum atomic E-state index is 0.117. The third-order valence-corrected chi connectivity index (χ3v) is 4.66. The zero-order valence-corrected chi connectivity index (χ0v) is 12.5. The van der Waals surface area contributed by atoms with Crippen LogP contribution in [0.1, 0.15) is 16.0 Å². The highest BCUT2D eigenvalue weighted by Gasteiger charge is 1.99. The fourth-order valence-corrected chi connectivity index (χ4v) is 3.39. The van der Waals surface area contributed by atoms with E-state index in [2.05, 4.69) is 58.6 Å². The van der Waals surface area contributed by atoms with Crippen molar-refractivity contribution in [3.8, 4) is 11.1 Å². The number of rotatable bonds is 4. The molecule has 0 saturated heterocycles. The molecule has 100 valence electrons. The van der Waals surface area contributed by atoms with Gasteiger partial charge in [0.05, 0.1) is 6.61 Å². The number of hydrogen-bond acceptors (Lipinski definition) is 3. The minimum absolute atomic E-state index is 0.117. The molecule has 1 nitrogen and oxygen atoms in total. The Bertz CT molecular complexity index is 708. The van der Waals surface area contributed by atoms with Crippen LogP contribution in [0.25, 0.3) is 23.3 Å². The zero-order valence-electron chi connectivity index (χ0n) is 10.8. The summed E-state index contributed by atoms with van der Waals surface area (Å²) in [5.41, 5.74) is 4.84. The van der Waals surface area contributed by atoms with E-state index >= 15 is 0 Å². The van der Waals surface area contributed by atoms with Gasteiger partial charge in [0, 0.05) is 4.88 Å². The van der Waals surface area contributed by atoms with Crippen LogP contribution in [0.15, 0.2) is 52.5 Å². The Morgan fingerprint density at radius 3 is 2.60 bits per heavy atom. The zero-order chi connectivity index (χ0) is 13.8. The molecule has 0 atom stereocenters. The fourth-order valence-electron chi connectivity index (χ4n) is 2.01. The number of thiophene rings is 2. The second kappa shape index (κ2) is 6.18. The fraction of sp³-hybridized carbons (Fsp3) is 0.0588. The van der Waals surface area contributed by atoms with Crippen LogP contribution < -0.4 is 0 Å². The molecular formula is C17H14OS2. The lowest BCUT2D eigenvalue weighted by atomic mass is 10.1. The van der Waals surface area contributed by atoms with Crippen LogP contribution in [0.3, 0.4) is 0 Å². The second-order valence-electron chi connectivity index (χ2n) is 4.48. The maximum absolute atomic E-state index is 9.07. The Labute approximate surface area is 126 Å². The Balaban J connectivity index is 1.82. The van der Waals surface area contributed by atoms with E-state index < -0.39 is 0 Å². The van der Waals surface area contributed by atoms with Crippen molar-refractivity contribution in [1.29, 1.82) is 0 Å². The first kappa shape index (κ1) is 13.3. The quantitative estimate of drug-likeness (QED) is 0.707. The summed E-state index contributed by atoms with van der Waals surface area (Å²) in [6.45, 7) is 0.117. The lowest BCUT2D eigenvalue weighted by molar-refractivity contribution is 0.285. The molecule has 0 spiro atoms. The predicted molar refractivity (Wildman–Crippen MR) is 88.9 cm³/mol. The molecule has 0 saturated carbocycles. The van der Waals surface area contributed by atoms with Gasteiger partial charge >= 0.3 is 0 Å². The molecule has 1 aromatic carbocycles. The van der Waals surface area contributed by atoms with Crippen LogP contribution in [-0.4, -0.2) is 5.11 Å². The molecule has 2 aromatic heterocycles. The summed E-state index contributed by atoms with van der Waals surface area (Å²) in [6, 6.07) is 12.7. The summed E-state index contributed by atoms with van der Waals surface area (Å²) < 4.78 is 0. The molecule has 3 rings (SSSR count). The van der Waals surface area contributed by atoms with Gasteiger partial charge in [0.2, 0.25) is 0 Å². The second-order valence-corrected chi connectivity index (χ2v) is 6.25. The Kier molecular flexibility index (Phi) is 4.11. The van der Waals surface area contributed by atoms with Gasteiger partial charge in [-0.05, 0) is 56.6 Å². The van der Waals surface area contributed by atoms with Crippen molar-refractivity contribution in [2.45, 2.75) is 6.61 Å². The number of aliphatic hydroxyl groups is 1. The molecule has 3 aromatic rings. The first-order chi connectivity index (χ1) is 9.85. The van der Waals surface area contributed by atoms with E-state index in [1.807, 2.05) is 6.07 Å². The van der Waals surface area contributed by atoms with E-state index in [4.69, 9.17) is 5.11 Å². The molecule has 2 heterocycles. The summed E-state index contributed by atoms with van der Waals surface area (Å²) in [5, 5.41) is 15.4. The minimum Gasteiger partial charge on any atom is -0.391 e. The Morgan fingerprint density at radius 1 is 0.950 bits per heavy atom. The first-order valence-electron chi connectivity index (χ1n) is 6.34. The van der Waals surface area contributed by atoms with Crippen molar-refractivity contribution in [1.82, 2.24) is 0 Å². The van der Waals surface area contributed by atoms with E-state index in [0.29, 0.717) is 0 Å². The molecule has 1 N–H and O–H groups in total. The predicted octanol–water partition coefficient (Wildman–Crippen LogP) is 5.14. The molecule has 0 radical (unpaired) electrons. The van der Waals surface area contributed by atoms with Crippen LogP contribution >= 0.6 is 22.7 Å². The van der Waals surface area contributed by atoms with E-state index in [1.54, 1.807) is 22.7 Å². The topological polar surface area (TPSA) is 20.2 Å². The molecule has 0 bridgehead atoms. The SMILES string of the molecule is OCc1cc(/C=C/c2cccc(-c3ccsc3)c2)cs1. The molecule has 3 heteroatoms. The lowest BCUT2D eigenvalue weighted by Crippen LogP contribution is -1.76. The van der Waals surface area contributed by atoms with Crippen LogP contribution in [0.2, 0.25) is 0 Å². The van der Waals surface area contributed by atoms with Crippen molar-refractivity contribution in [3.63, 3.8) is 0 Å². The normalized spacial score (nSPS) is 11.2. The molecule has 0 aliphatic rings. The van der Waals surface area contributed by atoms with Crippen molar-refractivity contribution < 1.29 is 5.11 Å². The molecular weight excluding hydrogens is 284 g/mol. The van der Waals surface area contributed by atoms with Crippen LogP contribution in [0.4, 0.5) is 0 Å². The Hall–Kier alpha value is -1.68. The highest BCUT2D eigenvalue weighted by Crippen LogP contribution is 2.24. The van der Waals surface area contributed by atoms with Gasteiger partial charge in [-0.3, -0.25) is 0 Å². The van der Waals surface area contributed by atoms with Gasteiger partial charge in [0.25, 0.3) is 0 Å². The van der Waals surface area contributed by atoms with E-state index in [9.17, 15) is 0 Å². The van der Waals surface area contributed by atoms with Gasteiger partial charge in [0.1, 0.15) is 0 Å². The van der Waals surface area contributed by atoms with Gasteiger partial charge in [-0.2, -0.15) is 11.3 Å². The number of aliphatic hydroxyl groups excluding tert-OH is 1. The van der Waals surface area contributed by atoms with Crippen LogP contribution in [-0.2, 0) is 6.61 Å². The third kappa shape index (κ3) is 3.07. The Morgan fingerprint density at radius 2 is 1.85 bits per heavy atom. The average Bonchev–Trinajstić information content (AvgIpc) is 3.17. The maximum atomic E-state index is 9.07. The van der Waals surface area contributed by atoms with Crippen LogP contribution in [0.5, 0.6) is 0 Å². The molecule has 0 amide bonds. The van der Waals surface area contributed by atoms with Crippen molar-refractivity contribution in [3.05, 3.63) is 68.5 Å². The van der Waals surface area contributed by atoms with Crippen molar-refractivity contribution in [2.24, 2.45) is 0 Å². The lowest BCUT2D eigenvalue weighted by Gasteiger charge is -1.99. The summed E-state index contributed by atoms with van der Waals surface area (Å²) in [4.78, 5) is 0.997. The third-order valence-electron chi connectivity index (χ3n) is 3.04. The van der Waals surface area contributed by atoms with Crippen molar-refractivity contribution >= 4 is 34.8 Å². The monoisotopic (exact) mass is 298 g/mol. The maximum Gasteiger partial charge on any atom is 0.0774 e. The van der Waals surface area contributed by atoms with E-state index in [1.165, 1.54) is 16.7 Å². The highest BCUT2D eigenvalue weighted by atomic mass is 32.1. The van der Waals surface area contributed by atoms with Crippen molar-refractivity contribution in [2.75, 3.05) is 0 Å². The smallest absolute Gasteiger partial charge is 0.0774 e. The van der Waals surface area contributed by atoms with Gasteiger partial charge in [-0.25, -0.2) is 0 Å². The van der Waals surface area contributed by atoms with Gasteiger partial charge in [-0.15, -0.1) is 11.3 Å². The summed E-state index contributed by atoms with van der Waals surface area (Å²) >= 11 is 3.30. The van der Waals surface area contributed by atoms with E-state index in [0.717, 1.165) is 10.4 Å². The summed E-state index contributed by atoms with van der Waals surface area (Å²) in [7, 11) is 0. The molecule has 0 unspecified atom stereocenters. The van der Waals surface area contributed by atoms with Gasteiger partial charge in [0.15, 0.2) is 0 Å². The molecule has 0 aliphatic heterocycles.